The first-order valence-electron chi connectivity index (χ1n) is 12.5. The van der Waals surface area contributed by atoms with Gasteiger partial charge in [0.25, 0.3) is 5.91 Å². The number of hydroxylamine groups is 1. The molecule has 3 aromatic rings. The summed E-state index contributed by atoms with van der Waals surface area (Å²) in [4.78, 5) is 55.8. The van der Waals surface area contributed by atoms with Crippen molar-refractivity contribution in [1.82, 2.24) is 5.48 Å². The van der Waals surface area contributed by atoms with Crippen LogP contribution in [-0.2, 0) is 9.63 Å². The molecule has 194 valence electrons. The maximum Gasteiger partial charge on any atom is 0.362 e. The van der Waals surface area contributed by atoms with Crippen molar-refractivity contribution in [2.24, 2.45) is 0 Å². The average molecular weight is 512 g/mol. The molecule has 1 amide bonds. The molecule has 0 fully saturated rings. The third-order valence-corrected chi connectivity index (χ3v) is 6.69. The number of carbonyl (C=O) groups is 4. The standard InChI is InChI=1S/C31H29NO6/c1-20-28(30(35)26-14-7-6-13-25(26)29(20)34)24(21-16-18-23(37-2)19-17-21)12-8-9-15-27(33)32-38-31(36)22-10-4-3-5-11-22/h3-7,10-11,13-14,16-19,24H,8-9,12,15H2,1-2H3,(H,32,33). The van der Waals surface area contributed by atoms with Crippen molar-refractivity contribution in [3.8, 4) is 5.75 Å². The van der Waals surface area contributed by atoms with Gasteiger partial charge in [0.2, 0.25) is 0 Å². The van der Waals surface area contributed by atoms with Crippen molar-refractivity contribution in [3.05, 3.63) is 112 Å². The number of nitrogens with one attached hydrogen (secondary N) is 1. The molecule has 0 aliphatic heterocycles. The summed E-state index contributed by atoms with van der Waals surface area (Å²) in [5.74, 6) is -0.983. The Morgan fingerprint density at radius 3 is 2.11 bits per heavy atom. The van der Waals surface area contributed by atoms with E-state index in [4.69, 9.17) is 9.57 Å². The van der Waals surface area contributed by atoms with Crippen molar-refractivity contribution in [2.45, 2.75) is 38.5 Å². The number of amides is 1. The van der Waals surface area contributed by atoms with Gasteiger partial charge in [-0.15, -0.1) is 0 Å². The van der Waals surface area contributed by atoms with Gasteiger partial charge in [0.05, 0.1) is 12.7 Å². The number of benzene rings is 3. The molecule has 7 nitrogen and oxygen atoms in total. The van der Waals surface area contributed by atoms with Crippen molar-refractivity contribution in [3.63, 3.8) is 0 Å². The van der Waals surface area contributed by atoms with E-state index in [1.54, 1.807) is 68.6 Å². The van der Waals surface area contributed by atoms with Crippen molar-refractivity contribution < 1.29 is 28.8 Å². The number of hydrogen-bond acceptors (Lipinski definition) is 6. The fourth-order valence-corrected chi connectivity index (χ4v) is 4.67. The van der Waals surface area contributed by atoms with E-state index in [1.807, 2.05) is 24.3 Å². The zero-order valence-corrected chi connectivity index (χ0v) is 21.4. The quantitative estimate of drug-likeness (QED) is 0.296. The lowest BCUT2D eigenvalue weighted by molar-refractivity contribution is -0.130. The van der Waals surface area contributed by atoms with Gasteiger partial charge in [-0.05, 0) is 49.6 Å². The molecule has 0 saturated carbocycles. The summed E-state index contributed by atoms with van der Waals surface area (Å²) in [5, 5.41) is 0. The number of allylic oxidation sites excluding steroid dienone is 2. The highest BCUT2D eigenvalue weighted by Crippen LogP contribution is 2.38. The molecule has 0 heterocycles. The van der Waals surface area contributed by atoms with Crippen LogP contribution in [0.5, 0.6) is 5.75 Å². The van der Waals surface area contributed by atoms with Gasteiger partial charge in [-0.25, -0.2) is 4.79 Å². The lowest BCUT2D eigenvalue weighted by Crippen LogP contribution is -2.27. The molecule has 1 N–H and O–H groups in total. The summed E-state index contributed by atoms with van der Waals surface area (Å²) in [6.07, 6.45) is 1.81. The van der Waals surface area contributed by atoms with Gasteiger partial charge in [0, 0.05) is 34.6 Å². The van der Waals surface area contributed by atoms with Crippen LogP contribution >= 0.6 is 0 Å². The van der Waals surface area contributed by atoms with Crippen molar-refractivity contribution in [2.75, 3.05) is 7.11 Å². The molecule has 0 spiro atoms. The number of fused-ring (bicyclic) bond motifs is 1. The van der Waals surface area contributed by atoms with Crippen LogP contribution in [0.25, 0.3) is 0 Å². The molecule has 1 unspecified atom stereocenters. The Kier molecular flexibility index (Phi) is 8.48. The Bertz CT molecular complexity index is 1370. The molecular weight excluding hydrogens is 482 g/mol. The maximum atomic E-state index is 13.6. The second-order valence-electron chi connectivity index (χ2n) is 9.09. The maximum absolute atomic E-state index is 13.6. The van der Waals surface area contributed by atoms with E-state index in [9.17, 15) is 19.2 Å². The molecular formula is C31H29NO6. The lowest BCUT2D eigenvalue weighted by atomic mass is 9.75. The molecule has 38 heavy (non-hydrogen) atoms. The number of methoxy groups -OCH3 is 1. The topological polar surface area (TPSA) is 98.8 Å². The summed E-state index contributed by atoms with van der Waals surface area (Å²) >= 11 is 0. The van der Waals surface area contributed by atoms with Crippen LogP contribution in [0.2, 0.25) is 0 Å². The van der Waals surface area contributed by atoms with Crippen LogP contribution in [0.1, 0.15) is 75.2 Å². The van der Waals surface area contributed by atoms with Crippen LogP contribution in [0.3, 0.4) is 0 Å². The lowest BCUT2D eigenvalue weighted by Gasteiger charge is -2.26. The average Bonchev–Trinajstić information content (AvgIpc) is 2.96. The van der Waals surface area contributed by atoms with Gasteiger partial charge < -0.3 is 9.57 Å². The minimum absolute atomic E-state index is 0.144. The minimum atomic E-state index is -0.637. The summed E-state index contributed by atoms with van der Waals surface area (Å²) in [6.45, 7) is 1.70. The Hall–Kier alpha value is -4.52. The normalized spacial score (nSPS) is 13.5. The second-order valence-corrected chi connectivity index (χ2v) is 9.09. The summed E-state index contributed by atoms with van der Waals surface area (Å²) in [6, 6.07) is 22.7. The van der Waals surface area contributed by atoms with Gasteiger partial charge in [-0.1, -0.05) is 61.0 Å². The summed E-state index contributed by atoms with van der Waals surface area (Å²) in [7, 11) is 1.58. The van der Waals surface area contributed by atoms with E-state index >= 15 is 0 Å². The summed E-state index contributed by atoms with van der Waals surface area (Å²) in [5.41, 5.74) is 5.20. The van der Waals surface area contributed by atoms with E-state index in [1.165, 1.54) is 0 Å². The molecule has 3 aromatic carbocycles. The Balaban J connectivity index is 1.44. The zero-order chi connectivity index (χ0) is 27.1. The number of carbonyl (C=O) groups excluding carboxylic acids is 4. The Morgan fingerprint density at radius 1 is 0.816 bits per heavy atom. The molecule has 4 rings (SSSR count). The highest BCUT2D eigenvalue weighted by Gasteiger charge is 2.34. The Morgan fingerprint density at radius 2 is 1.45 bits per heavy atom. The largest absolute Gasteiger partial charge is 0.497 e. The van der Waals surface area contributed by atoms with Crippen LogP contribution < -0.4 is 10.2 Å². The van der Waals surface area contributed by atoms with Gasteiger partial charge in [0.1, 0.15) is 5.75 Å². The number of ketones is 2. The predicted molar refractivity (Wildman–Crippen MR) is 142 cm³/mol. The third kappa shape index (κ3) is 5.89. The predicted octanol–water partition coefficient (Wildman–Crippen LogP) is 5.62. The van der Waals surface area contributed by atoms with Crippen LogP contribution in [0.4, 0.5) is 0 Å². The molecule has 0 bridgehead atoms. The molecule has 0 aromatic heterocycles. The minimum Gasteiger partial charge on any atom is -0.497 e. The van der Waals surface area contributed by atoms with Crippen molar-refractivity contribution in [1.29, 1.82) is 0 Å². The van der Waals surface area contributed by atoms with E-state index in [2.05, 4.69) is 5.48 Å². The zero-order valence-electron chi connectivity index (χ0n) is 21.4. The second kappa shape index (κ2) is 12.1. The molecule has 1 atom stereocenters. The van der Waals surface area contributed by atoms with Crippen LogP contribution in [-0.4, -0.2) is 30.6 Å². The monoisotopic (exact) mass is 511 g/mol. The smallest absolute Gasteiger partial charge is 0.362 e. The Labute approximate surface area is 221 Å². The van der Waals surface area contributed by atoms with Gasteiger partial charge in [0.15, 0.2) is 11.6 Å². The first-order valence-corrected chi connectivity index (χ1v) is 12.5. The SMILES string of the molecule is COc1ccc(C(CCCCC(=O)NOC(=O)c2ccccc2)C2=C(C)C(=O)c3ccccc3C2=O)cc1. The molecule has 1 aliphatic rings. The highest BCUT2D eigenvalue weighted by atomic mass is 16.7. The third-order valence-electron chi connectivity index (χ3n) is 6.69. The van der Waals surface area contributed by atoms with E-state index in [-0.39, 0.29) is 23.9 Å². The number of unbranched alkanes of at least 4 members (excludes halogenated alkanes) is 1. The molecule has 7 heteroatoms. The molecule has 0 radical (unpaired) electrons. The van der Waals surface area contributed by atoms with Crippen LogP contribution in [0, 0.1) is 0 Å². The number of ether oxygens (including phenoxy) is 1. The number of Topliss-reactive ketones (excluding diaryl/α,β-unsaturated/α-hetero) is 2. The van der Waals surface area contributed by atoms with Crippen LogP contribution in [0.15, 0.2) is 90.0 Å². The first kappa shape index (κ1) is 26.5. The van der Waals surface area contributed by atoms with Gasteiger partial charge >= 0.3 is 5.97 Å². The first-order chi connectivity index (χ1) is 18.4. The summed E-state index contributed by atoms with van der Waals surface area (Å²) < 4.78 is 5.28. The molecule has 1 aliphatic carbocycles. The fourth-order valence-electron chi connectivity index (χ4n) is 4.67. The van der Waals surface area contributed by atoms with E-state index < -0.39 is 11.9 Å². The van der Waals surface area contributed by atoms with Crippen molar-refractivity contribution >= 4 is 23.4 Å². The number of rotatable bonds is 9. The number of hydrogen-bond donors (Lipinski definition) is 1. The highest BCUT2D eigenvalue weighted by molar-refractivity contribution is 6.27. The molecule has 0 saturated heterocycles. The van der Waals surface area contributed by atoms with E-state index in [0.29, 0.717) is 52.8 Å². The van der Waals surface area contributed by atoms with Gasteiger partial charge in [-0.3, -0.25) is 14.4 Å². The fraction of sp³-hybridized carbons (Fsp3) is 0.226. The van der Waals surface area contributed by atoms with Gasteiger partial charge in [-0.2, -0.15) is 5.48 Å². The van der Waals surface area contributed by atoms with E-state index in [0.717, 1.165) is 5.56 Å².